The van der Waals surface area contributed by atoms with Crippen molar-refractivity contribution in [2.24, 2.45) is 5.92 Å². The lowest BCUT2D eigenvalue weighted by atomic mass is 9.88. The maximum Gasteiger partial charge on any atom is 0.415 e. The van der Waals surface area contributed by atoms with Crippen LogP contribution >= 0.6 is 0 Å². The van der Waals surface area contributed by atoms with Crippen molar-refractivity contribution in [3.63, 3.8) is 0 Å². The summed E-state index contributed by atoms with van der Waals surface area (Å²) in [4.78, 5) is 34.7. The van der Waals surface area contributed by atoms with Crippen molar-refractivity contribution in [1.82, 2.24) is 5.32 Å². The number of hydrogen-bond donors (Lipinski definition) is 2. The molecule has 2 fully saturated rings. The minimum absolute atomic E-state index is 0.0532. The standard InChI is InChI=1S/C16H18N2O4/c19-14(11-4-2-1-3-5-11)17-12-8-6-10(7-9-12)13-15(20)18-16(21)22-13/h6-9,11,13H,1-5H2,(H,17,19)(H,18,20,21). The molecule has 0 spiro atoms. The third-order valence-corrected chi connectivity index (χ3v) is 4.15. The molecule has 1 atom stereocenters. The van der Waals surface area contributed by atoms with Gasteiger partial charge in [0.1, 0.15) is 0 Å². The Morgan fingerprint density at radius 3 is 2.36 bits per heavy atom. The smallest absolute Gasteiger partial charge is 0.415 e. The van der Waals surface area contributed by atoms with Crippen LogP contribution in [0, 0.1) is 5.92 Å². The molecule has 6 heteroatoms. The Hall–Kier alpha value is -2.37. The first-order valence-electron chi connectivity index (χ1n) is 7.56. The van der Waals surface area contributed by atoms with E-state index in [0.717, 1.165) is 25.7 Å². The largest absolute Gasteiger partial charge is 0.431 e. The van der Waals surface area contributed by atoms with Gasteiger partial charge in [-0.1, -0.05) is 31.4 Å². The fourth-order valence-electron chi connectivity index (χ4n) is 2.93. The van der Waals surface area contributed by atoms with Gasteiger partial charge in [-0.2, -0.15) is 0 Å². The summed E-state index contributed by atoms with van der Waals surface area (Å²) in [6.07, 6.45) is 3.68. The highest BCUT2D eigenvalue weighted by molar-refractivity contribution is 6.00. The quantitative estimate of drug-likeness (QED) is 0.898. The Morgan fingerprint density at radius 2 is 1.77 bits per heavy atom. The molecule has 3 rings (SSSR count). The Morgan fingerprint density at radius 1 is 1.09 bits per heavy atom. The molecule has 1 heterocycles. The summed E-state index contributed by atoms with van der Waals surface area (Å²) < 4.78 is 4.89. The average molecular weight is 302 g/mol. The predicted octanol–water partition coefficient (Wildman–Crippen LogP) is 2.51. The monoisotopic (exact) mass is 302 g/mol. The van der Waals surface area contributed by atoms with E-state index in [-0.39, 0.29) is 11.8 Å². The van der Waals surface area contributed by atoms with Gasteiger partial charge < -0.3 is 10.1 Å². The Bertz CT molecular complexity index is 591. The Kier molecular flexibility index (Phi) is 4.09. The Balaban J connectivity index is 1.63. The predicted molar refractivity (Wildman–Crippen MR) is 79.0 cm³/mol. The van der Waals surface area contributed by atoms with E-state index in [0.29, 0.717) is 11.3 Å². The third-order valence-electron chi connectivity index (χ3n) is 4.15. The molecule has 1 unspecified atom stereocenters. The van der Waals surface area contributed by atoms with E-state index in [4.69, 9.17) is 4.74 Å². The summed E-state index contributed by atoms with van der Waals surface area (Å²) >= 11 is 0. The first-order chi connectivity index (χ1) is 10.6. The van der Waals surface area contributed by atoms with Gasteiger partial charge in [0.2, 0.25) is 12.0 Å². The molecule has 1 aliphatic carbocycles. The van der Waals surface area contributed by atoms with Crippen molar-refractivity contribution in [3.05, 3.63) is 29.8 Å². The van der Waals surface area contributed by atoms with E-state index in [1.807, 2.05) is 0 Å². The van der Waals surface area contributed by atoms with Gasteiger partial charge in [-0.3, -0.25) is 14.9 Å². The first kappa shape index (κ1) is 14.6. The fraction of sp³-hybridized carbons (Fsp3) is 0.438. The van der Waals surface area contributed by atoms with Crippen LogP contribution in [0.25, 0.3) is 0 Å². The van der Waals surface area contributed by atoms with E-state index in [9.17, 15) is 14.4 Å². The summed E-state index contributed by atoms with van der Waals surface area (Å²) in [5.74, 6) is -0.323. The van der Waals surface area contributed by atoms with E-state index in [2.05, 4.69) is 10.6 Å². The van der Waals surface area contributed by atoms with Gasteiger partial charge in [0.15, 0.2) is 0 Å². The van der Waals surface area contributed by atoms with Gasteiger partial charge >= 0.3 is 6.09 Å². The zero-order chi connectivity index (χ0) is 15.5. The van der Waals surface area contributed by atoms with Crippen LogP contribution in [0.15, 0.2) is 24.3 Å². The molecule has 1 saturated heterocycles. The second kappa shape index (κ2) is 6.17. The van der Waals surface area contributed by atoms with Crippen LogP contribution < -0.4 is 10.6 Å². The summed E-state index contributed by atoms with van der Waals surface area (Å²) in [5.41, 5.74) is 1.27. The molecule has 0 bridgehead atoms. The lowest BCUT2D eigenvalue weighted by Gasteiger charge is -2.20. The molecule has 0 radical (unpaired) electrons. The SMILES string of the molecule is O=C1NC(=O)C(c2ccc(NC(=O)C3CCCCC3)cc2)O1. The lowest BCUT2D eigenvalue weighted by Crippen LogP contribution is -2.24. The molecule has 22 heavy (non-hydrogen) atoms. The highest BCUT2D eigenvalue weighted by Crippen LogP contribution is 2.26. The average Bonchev–Trinajstić information content (AvgIpc) is 2.87. The second-order valence-electron chi connectivity index (χ2n) is 5.72. The van der Waals surface area contributed by atoms with Gasteiger partial charge in [-0.05, 0) is 25.0 Å². The topological polar surface area (TPSA) is 84.5 Å². The minimum Gasteiger partial charge on any atom is -0.431 e. The maximum atomic E-state index is 12.2. The molecule has 2 N–H and O–H groups in total. The molecule has 1 aromatic rings. The molecule has 0 aromatic heterocycles. The van der Waals surface area contributed by atoms with Crippen molar-refractivity contribution in [3.8, 4) is 0 Å². The zero-order valence-electron chi connectivity index (χ0n) is 12.1. The first-order valence-corrected chi connectivity index (χ1v) is 7.56. The van der Waals surface area contributed by atoms with Crippen molar-refractivity contribution in [1.29, 1.82) is 0 Å². The van der Waals surface area contributed by atoms with Crippen molar-refractivity contribution >= 4 is 23.6 Å². The van der Waals surface area contributed by atoms with Crippen LogP contribution in [0.3, 0.4) is 0 Å². The molecular formula is C16H18N2O4. The van der Waals surface area contributed by atoms with Crippen LogP contribution in [0.5, 0.6) is 0 Å². The highest BCUT2D eigenvalue weighted by Gasteiger charge is 2.33. The molecule has 1 aliphatic heterocycles. The summed E-state index contributed by atoms with van der Waals surface area (Å²) in [5, 5.41) is 4.99. The maximum absolute atomic E-state index is 12.2. The number of benzene rings is 1. The van der Waals surface area contributed by atoms with Gasteiger partial charge in [0.05, 0.1) is 0 Å². The fourth-order valence-corrected chi connectivity index (χ4v) is 2.93. The number of ether oxygens (including phenoxy) is 1. The summed E-state index contributed by atoms with van der Waals surface area (Å²) in [6, 6.07) is 6.80. The zero-order valence-corrected chi connectivity index (χ0v) is 12.1. The molecule has 6 nitrogen and oxygen atoms in total. The molecule has 1 saturated carbocycles. The molecular weight excluding hydrogens is 284 g/mol. The Labute approximate surface area is 128 Å². The summed E-state index contributed by atoms with van der Waals surface area (Å²) in [7, 11) is 0. The van der Waals surface area contributed by atoms with E-state index in [1.54, 1.807) is 24.3 Å². The number of nitrogens with one attached hydrogen (secondary N) is 2. The number of imide groups is 1. The number of carbonyl (C=O) groups is 3. The normalized spacial score (nSPS) is 22.1. The van der Waals surface area contributed by atoms with Crippen molar-refractivity contribution in [2.75, 3.05) is 5.32 Å². The number of hydrogen-bond acceptors (Lipinski definition) is 4. The van der Waals surface area contributed by atoms with Gasteiger partial charge in [-0.25, -0.2) is 4.79 Å². The third kappa shape index (κ3) is 3.10. The van der Waals surface area contributed by atoms with Gasteiger partial charge in [0, 0.05) is 17.2 Å². The number of anilines is 1. The van der Waals surface area contributed by atoms with Crippen molar-refractivity contribution in [2.45, 2.75) is 38.2 Å². The second-order valence-corrected chi connectivity index (χ2v) is 5.72. The van der Waals surface area contributed by atoms with Crippen LogP contribution in [0.1, 0.15) is 43.8 Å². The van der Waals surface area contributed by atoms with Gasteiger partial charge in [0.25, 0.3) is 5.91 Å². The number of alkyl carbamates (subject to hydrolysis) is 1. The van der Waals surface area contributed by atoms with Crippen molar-refractivity contribution < 1.29 is 19.1 Å². The molecule has 2 aliphatic rings. The minimum atomic E-state index is -0.907. The highest BCUT2D eigenvalue weighted by atomic mass is 16.6. The van der Waals surface area contributed by atoms with E-state index >= 15 is 0 Å². The number of carbonyl (C=O) groups excluding carboxylic acids is 3. The van der Waals surface area contributed by atoms with E-state index < -0.39 is 18.1 Å². The number of cyclic esters (lactones) is 1. The van der Waals surface area contributed by atoms with Crippen LogP contribution in [0.2, 0.25) is 0 Å². The van der Waals surface area contributed by atoms with Crippen LogP contribution in [-0.4, -0.2) is 17.9 Å². The van der Waals surface area contributed by atoms with Crippen LogP contribution in [0.4, 0.5) is 10.5 Å². The molecule has 3 amide bonds. The summed E-state index contributed by atoms with van der Waals surface area (Å²) in [6.45, 7) is 0. The number of amides is 3. The molecule has 116 valence electrons. The lowest BCUT2D eigenvalue weighted by molar-refractivity contribution is -0.123. The van der Waals surface area contributed by atoms with Crippen LogP contribution in [-0.2, 0) is 14.3 Å². The molecule has 1 aromatic carbocycles. The van der Waals surface area contributed by atoms with E-state index in [1.165, 1.54) is 6.42 Å². The van der Waals surface area contributed by atoms with Gasteiger partial charge in [-0.15, -0.1) is 0 Å². The number of rotatable bonds is 3.